The number of aromatic nitrogens is 1. The summed E-state index contributed by atoms with van der Waals surface area (Å²) in [6.07, 6.45) is 3.52. The van der Waals surface area contributed by atoms with Crippen LogP contribution in [0, 0.1) is 0 Å². The first-order valence-corrected chi connectivity index (χ1v) is 6.04. The molecule has 2 aromatic rings. The molecule has 0 saturated heterocycles. The lowest BCUT2D eigenvalue weighted by atomic mass is 10.2. The van der Waals surface area contributed by atoms with Crippen molar-refractivity contribution in [1.29, 1.82) is 0 Å². The molecule has 0 unspecified atom stereocenters. The molecule has 0 aliphatic rings. The highest BCUT2D eigenvalue weighted by atomic mass is 32.1. The fraction of sp³-hybridized carbons (Fsp3) is 0.167. The molecule has 0 saturated carbocycles. The number of nitrogens with one attached hydrogen (secondary N) is 1. The highest BCUT2D eigenvalue weighted by Gasteiger charge is 2.10. The van der Waals surface area contributed by atoms with Crippen molar-refractivity contribution in [3.63, 3.8) is 0 Å². The van der Waals surface area contributed by atoms with Crippen LogP contribution >= 0.6 is 11.3 Å². The summed E-state index contributed by atoms with van der Waals surface area (Å²) in [5, 5.41) is 13.9. The number of hydrogen-bond acceptors (Lipinski definition) is 4. The van der Waals surface area contributed by atoms with Crippen molar-refractivity contribution >= 4 is 17.3 Å². The lowest BCUT2D eigenvalue weighted by molar-refractivity contribution is 0.0701. The molecule has 0 bridgehead atoms. The van der Waals surface area contributed by atoms with Crippen molar-refractivity contribution in [3.05, 3.63) is 52.0 Å². The molecular weight excluding hydrogens is 236 g/mol. The van der Waals surface area contributed by atoms with Gasteiger partial charge < -0.3 is 10.4 Å². The van der Waals surface area contributed by atoms with Gasteiger partial charge in [0.25, 0.3) is 0 Å². The first-order valence-electron chi connectivity index (χ1n) is 5.16. The Bertz CT molecular complexity index is 496. The van der Waals surface area contributed by atoms with Gasteiger partial charge in [0, 0.05) is 25.5 Å². The standard InChI is InChI=1S/C12H12N2O2S/c15-12(16)11-10(3-5-17-11)8-14-7-9-2-1-4-13-6-9/h1-6,14H,7-8H2,(H,15,16). The van der Waals surface area contributed by atoms with E-state index in [1.807, 2.05) is 18.2 Å². The summed E-state index contributed by atoms with van der Waals surface area (Å²) in [5.41, 5.74) is 1.91. The molecule has 2 rings (SSSR count). The topological polar surface area (TPSA) is 62.2 Å². The quantitative estimate of drug-likeness (QED) is 0.851. The molecule has 88 valence electrons. The molecule has 0 radical (unpaired) electrons. The summed E-state index contributed by atoms with van der Waals surface area (Å²) >= 11 is 1.25. The number of hydrogen-bond donors (Lipinski definition) is 2. The Morgan fingerprint density at radius 1 is 1.41 bits per heavy atom. The van der Waals surface area contributed by atoms with Gasteiger partial charge in [-0.3, -0.25) is 4.98 Å². The summed E-state index contributed by atoms with van der Waals surface area (Å²) in [4.78, 5) is 15.3. The monoisotopic (exact) mass is 248 g/mol. The van der Waals surface area contributed by atoms with E-state index in [1.165, 1.54) is 11.3 Å². The summed E-state index contributed by atoms with van der Waals surface area (Å²) in [6, 6.07) is 5.69. The Hall–Kier alpha value is -1.72. The number of carboxylic acid groups (broad SMARTS) is 1. The maximum absolute atomic E-state index is 10.9. The summed E-state index contributed by atoms with van der Waals surface area (Å²) in [7, 11) is 0. The van der Waals surface area contributed by atoms with E-state index in [0.717, 1.165) is 11.1 Å². The van der Waals surface area contributed by atoms with Gasteiger partial charge in [0.2, 0.25) is 0 Å². The van der Waals surface area contributed by atoms with E-state index in [4.69, 9.17) is 5.11 Å². The van der Waals surface area contributed by atoms with E-state index in [2.05, 4.69) is 10.3 Å². The van der Waals surface area contributed by atoms with Gasteiger partial charge in [-0.25, -0.2) is 4.79 Å². The highest BCUT2D eigenvalue weighted by Crippen LogP contribution is 2.16. The van der Waals surface area contributed by atoms with Crippen LogP contribution in [0.3, 0.4) is 0 Å². The molecule has 0 amide bonds. The SMILES string of the molecule is O=C(O)c1sccc1CNCc1cccnc1. The molecule has 17 heavy (non-hydrogen) atoms. The van der Waals surface area contributed by atoms with E-state index in [9.17, 15) is 4.79 Å². The lowest BCUT2D eigenvalue weighted by Gasteiger charge is -2.04. The van der Waals surface area contributed by atoms with Gasteiger partial charge >= 0.3 is 5.97 Å². The predicted molar refractivity (Wildman–Crippen MR) is 66.1 cm³/mol. The van der Waals surface area contributed by atoms with Crippen molar-refractivity contribution < 1.29 is 9.90 Å². The van der Waals surface area contributed by atoms with Crippen LogP contribution in [-0.4, -0.2) is 16.1 Å². The summed E-state index contributed by atoms with van der Waals surface area (Å²) in [5.74, 6) is -0.863. The van der Waals surface area contributed by atoms with E-state index in [1.54, 1.807) is 17.8 Å². The van der Waals surface area contributed by atoms with E-state index >= 15 is 0 Å². The summed E-state index contributed by atoms with van der Waals surface area (Å²) < 4.78 is 0. The minimum atomic E-state index is -0.863. The van der Waals surface area contributed by atoms with E-state index in [0.29, 0.717) is 18.0 Å². The van der Waals surface area contributed by atoms with Gasteiger partial charge in [-0.1, -0.05) is 6.07 Å². The Morgan fingerprint density at radius 2 is 2.29 bits per heavy atom. The van der Waals surface area contributed by atoms with Crippen LogP contribution in [-0.2, 0) is 13.1 Å². The molecule has 0 aromatic carbocycles. The zero-order chi connectivity index (χ0) is 12.1. The first-order chi connectivity index (χ1) is 8.27. The largest absolute Gasteiger partial charge is 0.477 e. The molecule has 2 aromatic heterocycles. The van der Waals surface area contributed by atoms with Crippen LogP contribution in [0.25, 0.3) is 0 Å². The average Bonchev–Trinajstić information content (AvgIpc) is 2.79. The highest BCUT2D eigenvalue weighted by molar-refractivity contribution is 7.12. The van der Waals surface area contributed by atoms with Gasteiger partial charge in [-0.05, 0) is 28.6 Å². The van der Waals surface area contributed by atoms with Crippen LogP contribution < -0.4 is 5.32 Å². The zero-order valence-electron chi connectivity index (χ0n) is 9.09. The third-order valence-electron chi connectivity index (χ3n) is 2.31. The minimum Gasteiger partial charge on any atom is -0.477 e. The summed E-state index contributed by atoms with van der Waals surface area (Å²) in [6.45, 7) is 1.24. The third kappa shape index (κ3) is 3.12. The minimum absolute atomic E-state index is 0.406. The number of thiophene rings is 1. The van der Waals surface area contributed by atoms with E-state index in [-0.39, 0.29) is 0 Å². The Morgan fingerprint density at radius 3 is 3.00 bits per heavy atom. The molecule has 0 spiro atoms. The number of pyridine rings is 1. The number of carbonyl (C=O) groups is 1. The van der Waals surface area contributed by atoms with Crippen molar-refractivity contribution in [2.24, 2.45) is 0 Å². The second-order valence-electron chi connectivity index (χ2n) is 3.54. The van der Waals surface area contributed by atoms with E-state index < -0.39 is 5.97 Å². The second-order valence-corrected chi connectivity index (χ2v) is 4.46. The fourth-order valence-corrected chi connectivity index (χ4v) is 2.27. The molecule has 0 atom stereocenters. The molecule has 2 N–H and O–H groups in total. The Labute approximate surface area is 103 Å². The van der Waals surface area contributed by atoms with Crippen molar-refractivity contribution in [2.45, 2.75) is 13.1 Å². The molecule has 0 aliphatic heterocycles. The fourth-order valence-electron chi connectivity index (χ4n) is 1.51. The van der Waals surface area contributed by atoms with Gasteiger partial charge in [-0.15, -0.1) is 11.3 Å². The molecule has 5 heteroatoms. The van der Waals surface area contributed by atoms with Crippen LogP contribution in [0.5, 0.6) is 0 Å². The normalized spacial score (nSPS) is 10.4. The van der Waals surface area contributed by atoms with Crippen LogP contribution in [0.15, 0.2) is 36.0 Å². The number of rotatable bonds is 5. The maximum Gasteiger partial charge on any atom is 0.346 e. The maximum atomic E-state index is 10.9. The first kappa shape index (κ1) is 11.8. The molecule has 0 fully saturated rings. The average molecular weight is 248 g/mol. The van der Waals surface area contributed by atoms with Crippen LogP contribution in [0.4, 0.5) is 0 Å². The lowest BCUT2D eigenvalue weighted by Crippen LogP contribution is -2.14. The zero-order valence-corrected chi connectivity index (χ0v) is 9.91. The van der Waals surface area contributed by atoms with Gasteiger partial charge in [-0.2, -0.15) is 0 Å². The second kappa shape index (κ2) is 5.56. The smallest absolute Gasteiger partial charge is 0.346 e. The van der Waals surface area contributed by atoms with Crippen molar-refractivity contribution in [1.82, 2.24) is 10.3 Å². The van der Waals surface area contributed by atoms with Gasteiger partial charge in [0.05, 0.1) is 0 Å². The van der Waals surface area contributed by atoms with Crippen molar-refractivity contribution in [3.8, 4) is 0 Å². The Kier molecular flexibility index (Phi) is 3.85. The number of nitrogens with zero attached hydrogens (tertiary/aromatic N) is 1. The van der Waals surface area contributed by atoms with Gasteiger partial charge in [0.1, 0.15) is 4.88 Å². The third-order valence-corrected chi connectivity index (χ3v) is 3.25. The van der Waals surface area contributed by atoms with Crippen molar-refractivity contribution in [2.75, 3.05) is 0 Å². The molecule has 4 nitrogen and oxygen atoms in total. The number of carboxylic acids is 1. The predicted octanol–water partition coefficient (Wildman–Crippen LogP) is 2.13. The number of aromatic carboxylic acids is 1. The molecule has 2 heterocycles. The van der Waals surface area contributed by atoms with Crippen LogP contribution in [0.1, 0.15) is 20.8 Å². The Balaban J connectivity index is 1.90. The molecular formula is C12H12N2O2S. The molecule has 0 aliphatic carbocycles. The van der Waals surface area contributed by atoms with Crippen LogP contribution in [0.2, 0.25) is 0 Å². The van der Waals surface area contributed by atoms with Gasteiger partial charge in [0.15, 0.2) is 0 Å².